The molecule has 0 atom stereocenters. The van der Waals surface area contributed by atoms with Crippen molar-refractivity contribution in [2.75, 3.05) is 4.90 Å². The summed E-state index contributed by atoms with van der Waals surface area (Å²) < 4.78 is 6.46. The summed E-state index contributed by atoms with van der Waals surface area (Å²) in [6, 6.07) is 85.6. The normalized spacial score (nSPS) is 11.5. The third-order valence-corrected chi connectivity index (χ3v) is 12.5. The maximum absolute atomic E-state index is 6.46. The smallest absolute Gasteiger partial charge is 0.136 e. The van der Waals surface area contributed by atoms with E-state index in [2.05, 4.69) is 229 Å². The Kier molecular flexibility index (Phi) is 8.53. The molecule has 0 aliphatic heterocycles. The molecule has 0 N–H and O–H groups in total. The summed E-state index contributed by atoms with van der Waals surface area (Å²) in [5.41, 5.74) is 14.3. The number of nitrogens with zero attached hydrogens (tertiary/aromatic N) is 1. The van der Waals surface area contributed by atoms with E-state index in [0.717, 1.165) is 61.3 Å². The molecule has 0 saturated carbocycles. The van der Waals surface area contributed by atoms with Crippen molar-refractivity contribution in [3.63, 3.8) is 0 Å². The minimum Gasteiger partial charge on any atom is -0.456 e. The van der Waals surface area contributed by atoms with E-state index in [9.17, 15) is 0 Å². The van der Waals surface area contributed by atoms with E-state index < -0.39 is 0 Å². The van der Waals surface area contributed by atoms with Gasteiger partial charge in [0.15, 0.2) is 0 Å². The van der Waals surface area contributed by atoms with Crippen molar-refractivity contribution in [1.82, 2.24) is 0 Å². The molecule has 12 aromatic rings. The molecule has 0 fully saturated rings. The predicted octanol–water partition coefficient (Wildman–Crippen LogP) is 17.2. The molecule has 62 heavy (non-hydrogen) atoms. The molecule has 2 nitrogen and oxygen atoms in total. The lowest BCUT2D eigenvalue weighted by Gasteiger charge is -2.30. The lowest BCUT2D eigenvalue weighted by atomic mass is 9.90. The fourth-order valence-corrected chi connectivity index (χ4v) is 9.64. The van der Waals surface area contributed by atoms with Crippen molar-refractivity contribution in [3.05, 3.63) is 237 Å². The lowest BCUT2D eigenvalue weighted by molar-refractivity contribution is 0.669. The largest absolute Gasteiger partial charge is 0.456 e. The van der Waals surface area contributed by atoms with Crippen LogP contribution in [0.15, 0.2) is 241 Å². The van der Waals surface area contributed by atoms with Crippen molar-refractivity contribution in [2.45, 2.75) is 0 Å². The van der Waals surface area contributed by atoms with Crippen LogP contribution < -0.4 is 4.90 Å². The minimum absolute atomic E-state index is 0.875. The Morgan fingerprint density at radius 2 is 0.839 bits per heavy atom. The van der Waals surface area contributed by atoms with E-state index in [0.29, 0.717) is 0 Å². The number of benzene rings is 11. The molecule has 2 heteroatoms. The van der Waals surface area contributed by atoms with Crippen LogP contribution in [0.4, 0.5) is 17.1 Å². The van der Waals surface area contributed by atoms with Crippen LogP contribution in [0.2, 0.25) is 0 Å². The standard InChI is InChI=1S/C60H39NO/c1-2-16-40(17-3-1)49-28-13-19-42-20-14-30-55(60(42)49)52-25-7-10-32-57(52)61(56-31-9-6-24-48(56)44-35-37-54-53-26-8-11-33-58(53)62-59(54)39-44)45-22-12-21-43(38-45)47-27-15-29-50-46-23-5-4-18-41(46)34-36-51(47)50/h1-39H. The van der Waals surface area contributed by atoms with E-state index in [1.807, 2.05) is 12.1 Å². The highest BCUT2D eigenvalue weighted by molar-refractivity contribution is 6.13. The van der Waals surface area contributed by atoms with Gasteiger partial charge in [-0.2, -0.15) is 0 Å². The van der Waals surface area contributed by atoms with Gasteiger partial charge in [0.2, 0.25) is 0 Å². The molecule has 0 spiro atoms. The highest BCUT2D eigenvalue weighted by Gasteiger charge is 2.23. The van der Waals surface area contributed by atoms with Crippen molar-refractivity contribution >= 4 is 71.3 Å². The van der Waals surface area contributed by atoms with Gasteiger partial charge in [0, 0.05) is 27.6 Å². The van der Waals surface area contributed by atoms with Crippen LogP contribution in [0.25, 0.3) is 98.8 Å². The number of para-hydroxylation sites is 3. The molecule has 0 radical (unpaired) electrons. The van der Waals surface area contributed by atoms with Crippen molar-refractivity contribution in [1.29, 1.82) is 0 Å². The van der Waals surface area contributed by atoms with E-state index in [1.54, 1.807) is 0 Å². The van der Waals surface area contributed by atoms with Gasteiger partial charge in [-0.25, -0.2) is 0 Å². The van der Waals surface area contributed by atoms with E-state index in [1.165, 1.54) is 54.6 Å². The van der Waals surface area contributed by atoms with Crippen molar-refractivity contribution < 1.29 is 4.42 Å². The van der Waals surface area contributed by atoms with Crippen molar-refractivity contribution in [2.24, 2.45) is 0 Å². The Morgan fingerprint density at radius 3 is 1.71 bits per heavy atom. The number of rotatable bonds is 7. The molecular formula is C60H39NO. The number of furan rings is 1. The minimum atomic E-state index is 0.875. The third-order valence-electron chi connectivity index (χ3n) is 12.5. The molecule has 0 bridgehead atoms. The molecule has 0 amide bonds. The molecule has 1 heterocycles. The summed E-state index contributed by atoms with van der Waals surface area (Å²) in [6.07, 6.45) is 0. The Bertz CT molecular complexity index is 3650. The van der Waals surface area contributed by atoms with Gasteiger partial charge in [-0.15, -0.1) is 0 Å². The monoisotopic (exact) mass is 789 g/mol. The second kappa shape index (κ2) is 14.8. The van der Waals surface area contributed by atoms with Crippen molar-refractivity contribution in [3.8, 4) is 44.5 Å². The fourth-order valence-electron chi connectivity index (χ4n) is 9.64. The molecule has 0 saturated heterocycles. The number of anilines is 3. The van der Waals surface area contributed by atoms with Gasteiger partial charge in [-0.1, -0.05) is 194 Å². The topological polar surface area (TPSA) is 16.4 Å². The third kappa shape index (κ3) is 5.96. The SMILES string of the molecule is c1ccc(-c2cccc3cccc(-c4ccccc4N(c4cccc(-c5cccc6c5ccc5ccccc56)c4)c4ccccc4-c4ccc5c(c4)oc4ccccc45)c23)cc1. The summed E-state index contributed by atoms with van der Waals surface area (Å²) in [4.78, 5) is 2.46. The molecule has 11 aromatic carbocycles. The van der Waals surface area contributed by atoms with E-state index in [4.69, 9.17) is 4.42 Å². The van der Waals surface area contributed by atoms with Crippen LogP contribution in [-0.2, 0) is 0 Å². The summed E-state index contributed by atoms with van der Waals surface area (Å²) in [7, 11) is 0. The van der Waals surface area contributed by atoms with Crippen LogP contribution in [0.3, 0.4) is 0 Å². The molecule has 1 aromatic heterocycles. The van der Waals surface area contributed by atoms with Gasteiger partial charge in [-0.3, -0.25) is 0 Å². The molecule has 0 aliphatic rings. The molecular weight excluding hydrogens is 751 g/mol. The summed E-state index contributed by atoms with van der Waals surface area (Å²) in [6.45, 7) is 0. The van der Waals surface area contributed by atoms with Crippen LogP contribution in [0.5, 0.6) is 0 Å². The first-order chi connectivity index (χ1) is 30.8. The summed E-state index contributed by atoms with van der Waals surface area (Å²) in [5.74, 6) is 0. The van der Waals surface area contributed by atoms with Crippen LogP contribution in [0, 0.1) is 0 Å². The summed E-state index contributed by atoms with van der Waals surface area (Å²) >= 11 is 0. The Labute approximate surface area is 360 Å². The van der Waals surface area contributed by atoms with E-state index in [-0.39, 0.29) is 0 Å². The van der Waals surface area contributed by atoms with Gasteiger partial charge in [0.05, 0.1) is 11.4 Å². The first-order valence-electron chi connectivity index (χ1n) is 21.3. The number of hydrogen-bond donors (Lipinski definition) is 0. The molecule has 0 aliphatic carbocycles. The Hall–Kier alpha value is -8.20. The van der Waals surface area contributed by atoms with Gasteiger partial charge >= 0.3 is 0 Å². The lowest BCUT2D eigenvalue weighted by Crippen LogP contribution is -2.12. The van der Waals surface area contributed by atoms with Gasteiger partial charge < -0.3 is 9.32 Å². The van der Waals surface area contributed by atoms with E-state index >= 15 is 0 Å². The zero-order valence-corrected chi connectivity index (χ0v) is 33.9. The second-order valence-electron chi connectivity index (χ2n) is 16.0. The molecule has 12 rings (SSSR count). The predicted molar refractivity (Wildman–Crippen MR) is 263 cm³/mol. The average Bonchev–Trinajstić information content (AvgIpc) is 3.72. The quantitative estimate of drug-likeness (QED) is 0.150. The summed E-state index contributed by atoms with van der Waals surface area (Å²) in [5, 5.41) is 9.67. The zero-order valence-electron chi connectivity index (χ0n) is 33.9. The Balaban J connectivity index is 1.11. The van der Waals surface area contributed by atoms with Crippen LogP contribution in [0.1, 0.15) is 0 Å². The maximum Gasteiger partial charge on any atom is 0.136 e. The number of hydrogen-bond acceptors (Lipinski definition) is 2. The van der Waals surface area contributed by atoms with Crippen LogP contribution in [-0.4, -0.2) is 0 Å². The highest BCUT2D eigenvalue weighted by atomic mass is 16.3. The first-order valence-corrected chi connectivity index (χ1v) is 21.3. The maximum atomic E-state index is 6.46. The Morgan fingerprint density at radius 1 is 0.274 bits per heavy atom. The second-order valence-corrected chi connectivity index (χ2v) is 16.0. The first kappa shape index (κ1) is 35.7. The van der Waals surface area contributed by atoms with Gasteiger partial charge in [0.25, 0.3) is 0 Å². The fraction of sp³-hybridized carbons (Fsp3) is 0. The van der Waals surface area contributed by atoms with Gasteiger partial charge in [0.1, 0.15) is 11.2 Å². The van der Waals surface area contributed by atoms with Crippen LogP contribution >= 0.6 is 0 Å². The highest BCUT2D eigenvalue weighted by Crippen LogP contribution is 2.48. The average molecular weight is 790 g/mol. The number of fused-ring (bicyclic) bond motifs is 7. The molecule has 0 unspecified atom stereocenters. The van der Waals surface area contributed by atoms with Gasteiger partial charge in [-0.05, 0) is 108 Å². The zero-order chi connectivity index (χ0) is 41.0. The molecule has 290 valence electrons.